The number of aliphatic hydroxyl groups is 1. The van der Waals surface area contributed by atoms with Crippen LogP contribution in [-0.4, -0.2) is 51.4 Å². The SMILES string of the molecule is CO[P@@]1O[C@H](COCc2ccccc2)[C@@H](OCc2ccccc2)[C@H](OCc2ccccc2)[C@@H]1O.[B]. The van der Waals surface area contributed by atoms with Gasteiger partial charge in [-0.3, -0.25) is 0 Å². The van der Waals surface area contributed by atoms with Crippen molar-refractivity contribution in [2.24, 2.45) is 0 Å². The van der Waals surface area contributed by atoms with Crippen LogP contribution in [0.2, 0.25) is 0 Å². The van der Waals surface area contributed by atoms with Crippen molar-refractivity contribution in [3.63, 3.8) is 0 Å². The van der Waals surface area contributed by atoms with Gasteiger partial charge in [-0.15, -0.1) is 0 Å². The van der Waals surface area contributed by atoms with Crippen LogP contribution in [0.5, 0.6) is 0 Å². The van der Waals surface area contributed by atoms with E-state index in [-0.39, 0.29) is 15.0 Å². The second-order valence-corrected chi connectivity index (χ2v) is 9.72. The molecule has 1 aliphatic heterocycles. The fourth-order valence-corrected chi connectivity index (χ4v) is 5.19. The summed E-state index contributed by atoms with van der Waals surface area (Å²) in [5.74, 6) is -0.949. The Kier molecular flexibility index (Phi) is 11.4. The average molecular weight is 493 g/mol. The van der Waals surface area contributed by atoms with Crippen LogP contribution in [0.15, 0.2) is 91.0 Å². The minimum absolute atomic E-state index is 0. The van der Waals surface area contributed by atoms with Crippen molar-refractivity contribution in [3.8, 4) is 0 Å². The molecule has 0 unspecified atom stereocenters. The molecule has 183 valence electrons. The summed E-state index contributed by atoms with van der Waals surface area (Å²) in [5.41, 5.74) is 3.12. The summed E-state index contributed by atoms with van der Waals surface area (Å²) in [5, 5.41) is 11.0. The molecule has 5 atom stereocenters. The highest BCUT2D eigenvalue weighted by atomic mass is 31.2. The Labute approximate surface area is 210 Å². The highest BCUT2D eigenvalue weighted by molar-refractivity contribution is 7.48. The van der Waals surface area contributed by atoms with Crippen molar-refractivity contribution in [3.05, 3.63) is 108 Å². The first kappa shape index (κ1) is 27.5. The van der Waals surface area contributed by atoms with Gasteiger partial charge in [-0.25, -0.2) is 0 Å². The Balaban J connectivity index is 0.00000342. The Morgan fingerprint density at radius 3 is 1.66 bits per heavy atom. The fourth-order valence-electron chi connectivity index (χ4n) is 3.82. The van der Waals surface area contributed by atoms with Gasteiger partial charge in [0, 0.05) is 15.5 Å². The van der Waals surface area contributed by atoms with Crippen LogP contribution in [0.1, 0.15) is 16.7 Å². The van der Waals surface area contributed by atoms with Crippen molar-refractivity contribution in [1.29, 1.82) is 0 Å². The molecule has 3 aromatic carbocycles. The number of ether oxygens (including phenoxy) is 3. The average Bonchev–Trinajstić information content (AvgIpc) is 2.89. The Hall–Kier alpha value is -2.09. The standard InChI is InChI=1S/C27H31O6P.B/c1-29-34-27(28)26(32-19-23-15-9-4-10-16-23)25(31-18-22-13-7-3-8-14-22)24(33-34)20-30-17-21-11-5-2-6-12-21;/h2-16,24-28H,17-20H2,1H3;/t24-,25-,26+,27-,34+;/m1./s1. The molecule has 3 aromatic rings. The summed E-state index contributed by atoms with van der Waals surface area (Å²) in [4.78, 5) is 0. The molecule has 0 aromatic heterocycles. The molecule has 35 heavy (non-hydrogen) atoms. The van der Waals surface area contributed by atoms with Crippen molar-refractivity contribution in [1.82, 2.24) is 0 Å². The van der Waals surface area contributed by atoms with Gasteiger partial charge in [0.1, 0.15) is 18.3 Å². The molecule has 4 rings (SSSR count). The Morgan fingerprint density at radius 1 is 0.714 bits per heavy atom. The highest BCUT2D eigenvalue weighted by Gasteiger charge is 2.48. The molecular formula is C27H31BO6P. The zero-order chi connectivity index (χ0) is 23.6. The minimum Gasteiger partial charge on any atom is -0.381 e. The van der Waals surface area contributed by atoms with Crippen LogP contribution in [0, 0.1) is 0 Å². The van der Waals surface area contributed by atoms with Gasteiger partial charge in [0.15, 0.2) is 5.85 Å². The Bertz CT molecular complexity index is 965. The van der Waals surface area contributed by atoms with E-state index in [1.807, 2.05) is 91.0 Å². The van der Waals surface area contributed by atoms with Crippen LogP contribution in [-0.2, 0) is 43.1 Å². The largest absolute Gasteiger partial charge is 0.381 e. The van der Waals surface area contributed by atoms with Crippen molar-refractivity contribution < 1.29 is 28.4 Å². The van der Waals surface area contributed by atoms with Gasteiger partial charge in [-0.1, -0.05) is 91.0 Å². The van der Waals surface area contributed by atoms with Crippen LogP contribution in [0.4, 0.5) is 0 Å². The quantitative estimate of drug-likeness (QED) is 0.310. The summed E-state index contributed by atoms with van der Waals surface area (Å²) in [6.07, 6.45) is -1.62. The number of hydrogen-bond acceptors (Lipinski definition) is 6. The molecule has 3 radical (unpaired) electrons. The zero-order valence-electron chi connectivity index (χ0n) is 19.8. The van der Waals surface area contributed by atoms with Gasteiger partial charge in [0.2, 0.25) is 8.38 Å². The zero-order valence-corrected chi connectivity index (χ0v) is 20.7. The van der Waals surface area contributed by atoms with E-state index in [9.17, 15) is 5.11 Å². The van der Waals surface area contributed by atoms with Gasteiger partial charge in [-0.2, -0.15) is 0 Å². The maximum absolute atomic E-state index is 11.0. The third-order valence-corrected chi connectivity index (χ3v) is 7.15. The minimum atomic E-state index is -1.58. The number of hydrogen-bond donors (Lipinski definition) is 1. The molecule has 0 amide bonds. The van der Waals surface area contributed by atoms with Crippen LogP contribution < -0.4 is 0 Å². The molecule has 1 heterocycles. The van der Waals surface area contributed by atoms with E-state index in [0.717, 1.165) is 16.7 Å². The predicted molar refractivity (Wildman–Crippen MR) is 137 cm³/mol. The summed E-state index contributed by atoms with van der Waals surface area (Å²) in [6.45, 7) is 1.45. The van der Waals surface area contributed by atoms with E-state index < -0.39 is 32.5 Å². The fraction of sp³-hybridized carbons (Fsp3) is 0.333. The van der Waals surface area contributed by atoms with Crippen LogP contribution >= 0.6 is 8.38 Å². The number of aliphatic hydroxyl groups excluding tert-OH is 1. The maximum atomic E-state index is 11.0. The molecular weight excluding hydrogens is 462 g/mol. The monoisotopic (exact) mass is 493 g/mol. The van der Waals surface area contributed by atoms with Gasteiger partial charge < -0.3 is 28.4 Å². The molecule has 0 aliphatic carbocycles. The normalized spacial score (nSPS) is 24.0. The first-order valence-corrected chi connectivity index (χ1v) is 12.6. The van der Waals surface area contributed by atoms with E-state index in [2.05, 4.69) is 0 Å². The lowest BCUT2D eigenvalue weighted by molar-refractivity contribution is -0.176. The Morgan fingerprint density at radius 2 is 1.17 bits per heavy atom. The topological polar surface area (TPSA) is 66.4 Å². The van der Waals surface area contributed by atoms with Gasteiger partial charge in [-0.05, 0) is 16.7 Å². The lowest BCUT2D eigenvalue weighted by Crippen LogP contribution is -2.53. The second kappa shape index (κ2) is 14.5. The predicted octanol–water partition coefficient (Wildman–Crippen LogP) is 4.67. The molecule has 0 spiro atoms. The molecule has 6 nitrogen and oxygen atoms in total. The van der Waals surface area contributed by atoms with E-state index in [4.69, 9.17) is 23.3 Å². The maximum Gasteiger partial charge on any atom is 0.204 e. The smallest absolute Gasteiger partial charge is 0.204 e. The summed E-state index contributed by atoms with van der Waals surface area (Å²) >= 11 is 0. The van der Waals surface area contributed by atoms with Crippen molar-refractivity contribution in [2.45, 2.75) is 44.0 Å². The molecule has 0 bridgehead atoms. The van der Waals surface area contributed by atoms with E-state index >= 15 is 0 Å². The molecule has 1 aliphatic rings. The van der Waals surface area contributed by atoms with E-state index in [0.29, 0.717) is 19.8 Å². The number of rotatable bonds is 11. The number of benzene rings is 3. The van der Waals surface area contributed by atoms with E-state index in [1.165, 1.54) is 7.11 Å². The van der Waals surface area contributed by atoms with E-state index in [1.54, 1.807) is 0 Å². The van der Waals surface area contributed by atoms with Gasteiger partial charge >= 0.3 is 0 Å². The van der Waals surface area contributed by atoms with Crippen molar-refractivity contribution in [2.75, 3.05) is 13.7 Å². The first-order valence-electron chi connectivity index (χ1n) is 11.4. The highest BCUT2D eigenvalue weighted by Crippen LogP contribution is 2.51. The van der Waals surface area contributed by atoms with Crippen LogP contribution in [0.3, 0.4) is 0 Å². The third kappa shape index (κ3) is 7.96. The second-order valence-electron chi connectivity index (χ2n) is 8.05. The van der Waals surface area contributed by atoms with Crippen LogP contribution in [0.25, 0.3) is 0 Å². The van der Waals surface area contributed by atoms with Gasteiger partial charge in [0.25, 0.3) is 0 Å². The molecule has 8 heteroatoms. The summed E-state index contributed by atoms with van der Waals surface area (Å²) < 4.78 is 30.2. The third-order valence-electron chi connectivity index (χ3n) is 5.58. The molecule has 0 saturated carbocycles. The summed E-state index contributed by atoms with van der Waals surface area (Å²) in [6, 6.07) is 29.8. The first-order chi connectivity index (χ1) is 16.7. The molecule has 1 N–H and O–H groups in total. The van der Waals surface area contributed by atoms with Crippen molar-refractivity contribution >= 4 is 16.8 Å². The van der Waals surface area contributed by atoms with Gasteiger partial charge in [0.05, 0.1) is 26.4 Å². The lowest BCUT2D eigenvalue weighted by atomic mass is 10.1. The lowest BCUT2D eigenvalue weighted by Gasteiger charge is -2.43. The molecule has 1 fully saturated rings. The summed E-state index contributed by atoms with van der Waals surface area (Å²) in [7, 11) is -0.0437. The molecule has 1 saturated heterocycles.